The van der Waals surface area contributed by atoms with E-state index >= 15 is 0 Å². The standard InChI is InChI=1S/C19H28BrN3O3/c1-2-16(12-15-4-3-5-17(20)13-15)19(25)22-14-18(24)21-6-7-23-8-10-26-11-9-23/h3-5,13,16H,2,6-12,14H2,1H3,(H,21,24)(H,22,25). The molecule has 26 heavy (non-hydrogen) atoms. The van der Waals surface area contributed by atoms with Crippen molar-refractivity contribution in [2.75, 3.05) is 45.9 Å². The molecule has 0 radical (unpaired) electrons. The summed E-state index contributed by atoms with van der Waals surface area (Å²) in [4.78, 5) is 26.5. The van der Waals surface area contributed by atoms with E-state index in [1.54, 1.807) is 0 Å². The lowest BCUT2D eigenvalue weighted by atomic mass is 9.96. The fourth-order valence-corrected chi connectivity index (χ4v) is 3.37. The molecule has 0 aliphatic carbocycles. The van der Waals surface area contributed by atoms with Crippen LogP contribution < -0.4 is 10.6 Å². The third kappa shape index (κ3) is 7.43. The molecule has 144 valence electrons. The first-order valence-corrected chi connectivity index (χ1v) is 9.96. The number of rotatable bonds is 9. The van der Waals surface area contributed by atoms with E-state index in [2.05, 4.69) is 31.5 Å². The molecule has 1 heterocycles. The van der Waals surface area contributed by atoms with Crippen molar-refractivity contribution in [3.8, 4) is 0 Å². The van der Waals surface area contributed by atoms with E-state index in [1.807, 2.05) is 31.2 Å². The largest absolute Gasteiger partial charge is 0.379 e. The molecule has 2 rings (SSSR count). The molecule has 1 aliphatic heterocycles. The molecule has 2 N–H and O–H groups in total. The number of ether oxygens (including phenoxy) is 1. The van der Waals surface area contributed by atoms with Crippen molar-refractivity contribution >= 4 is 27.7 Å². The Hall–Kier alpha value is -1.44. The fourth-order valence-electron chi connectivity index (χ4n) is 2.92. The van der Waals surface area contributed by atoms with Gasteiger partial charge in [-0.1, -0.05) is 35.0 Å². The van der Waals surface area contributed by atoms with Crippen LogP contribution in [0.2, 0.25) is 0 Å². The Morgan fingerprint density at radius 3 is 2.73 bits per heavy atom. The number of nitrogens with one attached hydrogen (secondary N) is 2. The number of carbonyl (C=O) groups excluding carboxylic acids is 2. The van der Waals surface area contributed by atoms with Gasteiger partial charge in [0.25, 0.3) is 0 Å². The predicted molar refractivity (Wildman–Crippen MR) is 105 cm³/mol. The number of benzene rings is 1. The molecule has 1 saturated heterocycles. The highest BCUT2D eigenvalue weighted by atomic mass is 79.9. The van der Waals surface area contributed by atoms with Crippen molar-refractivity contribution in [2.24, 2.45) is 5.92 Å². The van der Waals surface area contributed by atoms with Gasteiger partial charge < -0.3 is 15.4 Å². The lowest BCUT2D eigenvalue weighted by molar-refractivity contribution is -0.128. The SMILES string of the molecule is CCC(Cc1cccc(Br)c1)C(=O)NCC(=O)NCCN1CCOCC1. The molecule has 0 bridgehead atoms. The van der Waals surface area contributed by atoms with Crippen LogP contribution in [0.5, 0.6) is 0 Å². The van der Waals surface area contributed by atoms with E-state index in [-0.39, 0.29) is 24.3 Å². The highest BCUT2D eigenvalue weighted by Gasteiger charge is 2.18. The molecule has 0 saturated carbocycles. The normalized spacial score (nSPS) is 16.1. The molecule has 1 fully saturated rings. The maximum absolute atomic E-state index is 12.4. The molecule has 0 aromatic heterocycles. The molecule has 0 spiro atoms. The van der Waals surface area contributed by atoms with Crippen LogP contribution in [0.15, 0.2) is 28.7 Å². The summed E-state index contributed by atoms with van der Waals surface area (Å²) in [5, 5.41) is 5.62. The average Bonchev–Trinajstić information content (AvgIpc) is 2.65. The molecule has 1 aromatic carbocycles. The van der Waals surface area contributed by atoms with Crippen molar-refractivity contribution < 1.29 is 14.3 Å². The maximum Gasteiger partial charge on any atom is 0.239 e. The lowest BCUT2D eigenvalue weighted by Crippen LogP contribution is -2.44. The number of hydrogen-bond acceptors (Lipinski definition) is 4. The van der Waals surface area contributed by atoms with E-state index in [4.69, 9.17) is 4.74 Å². The van der Waals surface area contributed by atoms with Crippen LogP contribution in [-0.2, 0) is 20.7 Å². The number of nitrogens with zero attached hydrogens (tertiary/aromatic N) is 1. The van der Waals surface area contributed by atoms with Gasteiger partial charge in [-0.3, -0.25) is 14.5 Å². The predicted octanol–water partition coefficient (Wildman–Crippen LogP) is 1.58. The molecule has 7 heteroatoms. The minimum Gasteiger partial charge on any atom is -0.379 e. The summed E-state index contributed by atoms with van der Waals surface area (Å²) in [7, 11) is 0. The van der Waals surface area contributed by atoms with Crippen molar-refractivity contribution in [3.63, 3.8) is 0 Å². The van der Waals surface area contributed by atoms with Gasteiger partial charge in [0.1, 0.15) is 0 Å². The zero-order valence-corrected chi connectivity index (χ0v) is 16.9. The van der Waals surface area contributed by atoms with Gasteiger partial charge in [-0.15, -0.1) is 0 Å². The van der Waals surface area contributed by atoms with Gasteiger partial charge >= 0.3 is 0 Å². The first-order chi connectivity index (χ1) is 12.6. The highest BCUT2D eigenvalue weighted by molar-refractivity contribution is 9.10. The quantitative estimate of drug-likeness (QED) is 0.629. The lowest BCUT2D eigenvalue weighted by Gasteiger charge is -2.26. The number of halogens is 1. The molecule has 6 nitrogen and oxygen atoms in total. The number of morpholine rings is 1. The second-order valence-corrected chi connectivity index (χ2v) is 7.38. The molecule has 1 aromatic rings. The maximum atomic E-state index is 12.4. The van der Waals surface area contributed by atoms with Gasteiger partial charge in [-0.05, 0) is 30.5 Å². The molecular weight excluding hydrogens is 398 g/mol. The Balaban J connectivity index is 1.67. The summed E-state index contributed by atoms with van der Waals surface area (Å²) in [6, 6.07) is 7.96. The van der Waals surface area contributed by atoms with Crippen LogP contribution in [0.1, 0.15) is 18.9 Å². The molecule has 2 amide bonds. The summed E-state index contributed by atoms with van der Waals surface area (Å²) < 4.78 is 6.30. The zero-order chi connectivity index (χ0) is 18.8. The first kappa shape index (κ1) is 20.9. The first-order valence-electron chi connectivity index (χ1n) is 9.17. The van der Waals surface area contributed by atoms with Crippen LogP contribution in [-0.4, -0.2) is 62.7 Å². The van der Waals surface area contributed by atoms with Crippen LogP contribution in [0.4, 0.5) is 0 Å². The molecule has 1 unspecified atom stereocenters. The highest BCUT2D eigenvalue weighted by Crippen LogP contribution is 2.17. The summed E-state index contributed by atoms with van der Waals surface area (Å²) in [6.07, 6.45) is 1.40. The Morgan fingerprint density at radius 1 is 1.27 bits per heavy atom. The second kappa shape index (κ2) is 11.3. The monoisotopic (exact) mass is 425 g/mol. The summed E-state index contributed by atoms with van der Waals surface area (Å²) in [5.41, 5.74) is 1.11. The summed E-state index contributed by atoms with van der Waals surface area (Å²) in [5.74, 6) is -0.356. The molecule has 1 atom stereocenters. The third-order valence-corrected chi connectivity index (χ3v) is 5.01. The van der Waals surface area contributed by atoms with Crippen molar-refractivity contribution in [3.05, 3.63) is 34.3 Å². The Kier molecular flexibility index (Phi) is 9.08. The van der Waals surface area contributed by atoms with E-state index < -0.39 is 0 Å². The second-order valence-electron chi connectivity index (χ2n) is 6.46. The minimum absolute atomic E-state index is 0.0247. The molecular formula is C19H28BrN3O3. The Morgan fingerprint density at radius 2 is 2.04 bits per heavy atom. The van der Waals surface area contributed by atoms with Crippen LogP contribution in [0, 0.1) is 5.92 Å². The van der Waals surface area contributed by atoms with Gasteiger partial charge in [-0.25, -0.2) is 0 Å². The number of amides is 2. The topological polar surface area (TPSA) is 70.7 Å². The summed E-state index contributed by atoms with van der Waals surface area (Å²) >= 11 is 3.45. The van der Waals surface area contributed by atoms with Crippen LogP contribution in [0.25, 0.3) is 0 Å². The third-order valence-electron chi connectivity index (χ3n) is 4.51. The van der Waals surface area contributed by atoms with E-state index in [9.17, 15) is 9.59 Å². The number of carbonyl (C=O) groups is 2. The van der Waals surface area contributed by atoms with Crippen molar-refractivity contribution in [1.82, 2.24) is 15.5 Å². The molecule has 1 aliphatic rings. The van der Waals surface area contributed by atoms with E-state index in [0.29, 0.717) is 13.0 Å². The van der Waals surface area contributed by atoms with Gasteiger partial charge in [0.2, 0.25) is 11.8 Å². The summed E-state index contributed by atoms with van der Waals surface area (Å²) in [6.45, 7) is 6.72. The Bertz CT molecular complexity index is 591. The van der Waals surface area contributed by atoms with Gasteiger partial charge in [0, 0.05) is 36.6 Å². The zero-order valence-electron chi connectivity index (χ0n) is 15.3. The minimum atomic E-state index is -0.149. The van der Waals surface area contributed by atoms with Gasteiger partial charge in [0.15, 0.2) is 0 Å². The van der Waals surface area contributed by atoms with Crippen LogP contribution in [0.3, 0.4) is 0 Å². The van der Waals surface area contributed by atoms with Gasteiger partial charge in [0.05, 0.1) is 19.8 Å². The van der Waals surface area contributed by atoms with Crippen molar-refractivity contribution in [2.45, 2.75) is 19.8 Å². The average molecular weight is 426 g/mol. The smallest absolute Gasteiger partial charge is 0.239 e. The Labute approximate surface area is 163 Å². The fraction of sp³-hybridized carbons (Fsp3) is 0.579. The van der Waals surface area contributed by atoms with Crippen LogP contribution >= 0.6 is 15.9 Å². The van der Waals surface area contributed by atoms with Gasteiger partial charge in [-0.2, -0.15) is 0 Å². The van der Waals surface area contributed by atoms with Crippen molar-refractivity contribution in [1.29, 1.82) is 0 Å². The van der Waals surface area contributed by atoms with E-state index in [1.165, 1.54) is 0 Å². The van der Waals surface area contributed by atoms with E-state index in [0.717, 1.165) is 49.3 Å². The number of hydrogen-bond donors (Lipinski definition) is 2.